The second kappa shape index (κ2) is 10.7. The Bertz CT molecular complexity index is 1660. The molecular formula is C30H34F2N8O2. The van der Waals surface area contributed by atoms with E-state index in [2.05, 4.69) is 30.5 Å². The summed E-state index contributed by atoms with van der Waals surface area (Å²) < 4.78 is 43.5. The van der Waals surface area contributed by atoms with Crippen LogP contribution in [0.5, 0.6) is 11.9 Å². The zero-order chi connectivity index (χ0) is 28.8. The molecule has 3 aromatic heterocycles. The van der Waals surface area contributed by atoms with Crippen molar-refractivity contribution < 1.29 is 18.3 Å². The Morgan fingerprint density at radius 2 is 2.02 bits per heavy atom. The Morgan fingerprint density at radius 1 is 1.12 bits per heavy atom. The lowest BCUT2D eigenvalue weighted by molar-refractivity contribution is 0.107. The topological polar surface area (TPSA) is 123 Å². The zero-order valence-electron chi connectivity index (χ0n) is 23.5. The number of ether oxygens (including phenoxy) is 2. The third-order valence-corrected chi connectivity index (χ3v) is 8.59. The smallest absolute Gasteiger partial charge is 0.319 e. The first-order valence-electron chi connectivity index (χ1n) is 14.6. The maximum absolute atomic E-state index is 16.7. The van der Waals surface area contributed by atoms with Crippen LogP contribution in [0.3, 0.4) is 0 Å². The Kier molecular flexibility index (Phi) is 6.89. The van der Waals surface area contributed by atoms with E-state index in [4.69, 9.17) is 20.2 Å². The lowest BCUT2D eigenvalue weighted by atomic mass is 9.95. The minimum atomic E-state index is -0.887. The molecule has 1 aromatic carbocycles. The number of aromatic nitrogens is 4. The minimum Gasteiger partial charge on any atom is -0.474 e. The Hall–Kier alpha value is -3.90. The number of benzene rings is 1. The summed E-state index contributed by atoms with van der Waals surface area (Å²) in [6.45, 7) is 5.40. The highest BCUT2D eigenvalue weighted by atomic mass is 19.1. The molecule has 6 heterocycles. The first-order chi connectivity index (χ1) is 20.4. The van der Waals surface area contributed by atoms with Gasteiger partial charge in [-0.05, 0) is 51.4 Å². The molecule has 0 radical (unpaired) electrons. The van der Waals surface area contributed by atoms with Crippen molar-refractivity contribution in [2.24, 2.45) is 0 Å². The predicted molar refractivity (Wildman–Crippen MR) is 157 cm³/mol. The van der Waals surface area contributed by atoms with Crippen LogP contribution in [0.15, 0.2) is 30.3 Å². The highest BCUT2D eigenvalue weighted by Crippen LogP contribution is 2.42. The molecule has 4 aromatic rings. The SMILES string of the molecule is C[C@H]1CCNCCNc2nc(OCC34CCCN3C[C@H](F)C4)nc3c(F)c(-c4cccc5ccc(N)nc45)nc(c23)O1. The van der Waals surface area contributed by atoms with E-state index in [-0.39, 0.29) is 35.8 Å². The summed E-state index contributed by atoms with van der Waals surface area (Å²) in [5.41, 5.74) is 6.69. The van der Waals surface area contributed by atoms with Gasteiger partial charge in [0.15, 0.2) is 5.82 Å². The molecule has 12 heteroatoms. The van der Waals surface area contributed by atoms with E-state index in [1.807, 2.05) is 25.1 Å². The number of nitrogens with one attached hydrogen (secondary N) is 2. The number of rotatable bonds is 4. The average Bonchev–Trinajstić information content (AvgIpc) is 3.49. The number of nitrogens with zero attached hydrogens (tertiary/aromatic N) is 5. The molecule has 0 aliphatic carbocycles. The van der Waals surface area contributed by atoms with Gasteiger partial charge in [0.25, 0.3) is 0 Å². The third-order valence-electron chi connectivity index (χ3n) is 8.59. The largest absolute Gasteiger partial charge is 0.474 e. The Balaban J connectivity index is 1.39. The van der Waals surface area contributed by atoms with Crippen LogP contribution in [0.4, 0.5) is 20.4 Å². The molecule has 1 unspecified atom stereocenters. The predicted octanol–water partition coefficient (Wildman–Crippen LogP) is 4.09. The van der Waals surface area contributed by atoms with E-state index in [1.54, 1.807) is 12.1 Å². The van der Waals surface area contributed by atoms with Gasteiger partial charge in [0, 0.05) is 37.0 Å². The van der Waals surface area contributed by atoms with Crippen LogP contribution in [0.25, 0.3) is 33.1 Å². The molecule has 4 N–H and O–H groups in total. The summed E-state index contributed by atoms with van der Waals surface area (Å²) in [4.78, 5) is 20.6. The maximum atomic E-state index is 16.7. The summed E-state index contributed by atoms with van der Waals surface area (Å²) in [6, 6.07) is 9.04. The third kappa shape index (κ3) is 4.82. The van der Waals surface area contributed by atoms with Gasteiger partial charge in [-0.2, -0.15) is 9.97 Å². The van der Waals surface area contributed by atoms with Crippen LogP contribution in [0.1, 0.15) is 32.6 Å². The molecular weight excluding hydrogens is 542 g/mol. The molecule has 220 valence electrons. The van der Waals surface area contributed by atoms with Crippen LogP contribution in [-0.2, 0) is 0 Å². The van der Waals surface area contributed by atoms with E-state index < -0.39 is 17.5 Å². The summed E-state index contributed by atoms with van der Waals surface area (Å²) >= 11 is 0. The fourth-order valence-electron chi connectivity index (χ4n) is 6.53. The summed E-state index contributed by atoms with van der Waals surface area (Å²) in [5.74, 6) is 0.270. The van der Waals surface area contributed by atoms with Crippen molar-refractivity contribution in [1.82, 2.24) is 30.2 Å². The van der Waals surface area contributed by atoms with E-state index in [1.165, 1.54) is 0 Å². The molecule has 2 fully saturated rings. The second-order valence-corrected chi connectivity index (χ2v) is 11.5. The van der Waals surface area contributed by atoms with Crippen LogP contribution in [0.2, 0.25) is 0 Å². The summed E-state index contributed by atoms with van der Waals surface area (Å²) in [6.07, 6.45) is 1.87. The van der Waals surface area contributed by atoms with Gasteiger partial charge < -0.3 is 25.8 Å². The fourth-order valence-corrected chi connectivity index (χ4v) is 6.53. The highest BCUT2D eigenvalue weighted by Gasteiger charge is 2.49. The lowest BCUT2D eigenvalue weighted by Crippen LogP contribution is -2.43. The molecule has 0 bridgehead atoms. The fraction of sp³-hybridized carbons (Fsp3) is 0.467. The first-order valence-corrected chi connectivity index (χ1v) is 14.6. The molecule has 3 aliphatic heterocycles. The van der Waals surface area contributed by atoms with Crippen molar-refractivity contribution in [3.63, 3.8) is 0 Å². The van der Waals surface area contributed by atoms with Gasteiger partial charge in [0.05, 0.1) is 17.2 Å². The lowest BCUT2D eigenvalue weighted by Gasteiger charge is -2.30. The van der Waals surface area contributed by atoms with E-state index in [0.29, 0.717) is 54.2 Å². The Morgan fingerprint density at radius 3 is 2.93 bits per heavy atom. The van der Waals surface area contributed by atoms with Crippen LogP contribution < -0.4 is 25.8 Å². The van der Waals surface area contributed by atoms with Gasteiger partial charge in [-0.3, -0.25) is 4.90 Å². The van der Waals surface area contributed by atoms with Gasteiger partial charge in [-0.1, -0.05) is 18.2 Å². The number of pyridine rings is 2. The number of nitrogens with two attached hydrogens (primary N) is 1. The number of alkyl halides is 1. The maximum Gasteiger partial charge on any atom is 0.319 e. The standard InChI is InChI=1S/C30H34F2N8O2/c1-17-8-10-34-11-12-35-27-22-26(38-29(39-27)41-16-30-9-3-13-40(30)15-19(31)14-30)23(32)25(37-28(22)42-17)20-5-2-4-18-6-7-21(33)36-24(18)20/h2,4-7,17,19,34H,3,8-16H2,1H3,(H2,33,36)(H,35,38,39)/t17-,19+,30?/m0/s1. The summed E-state index contributed by atoms with van der Waals surface area (Å²) in [5, 5.41) is 7.82. The molecule has 3 atom stereocenters. The molecule has 0 spiro atoms. The molecule has 7 rings (SSSR count). The second-order valence-electron chi connectivity index (χ2n) is 11.5. The number of hydrogen-bond donors (Lipinski definition) is 3. The van der Waals surface area contributed by atoms with Crippen LogP contribution in [0, 0.1) is 5.82 Å². The Labute approximate surface area is 242 Å². The van der Waals surface area contributed by atoms with E-state index in [9.17, 15) is 4.39 Å². The van der Waals surface area contributed by atoms with Crippen molar-refractivity contribution in [1.29, 1.82) is 0 Å². The number of halogens is 2. The number of nitrogen functional groups attached to an aromatic ring is 1. The number of para-hydroxylation sites is 1. The number of anilines is 2. The van der Waals surface area contributed by atoms with Gasteiger partial charge >= 0.3 is 6.01 Å². The highest BCUT2D eigenvalue weighted by molar-refractivity contribution is 6.00. The van der Waals surface area contributed by atoms with E-state index >= 15 is 4.39 Å². The molecule has 0 saturated carbocycles. The van der Waals surface area contributed by atoms with Crippen LogP contribution in [-0.4, -0.2) is 82.0 Å². The van der Waals surface area contributed by atoms with Crippen molar-refractivity contribution in [3.05, 3.63) is 36.1 Å². The normalized spacial score (nSPS) is 24.6. The van der Waals surface area contributed by atoms with Crippen molar-refractivity contribution in [2.45, 2.75) is 50.4 Å². The molecule has 10 nitrogen and oxygen atoms in total. The van der Waals surface area contributed by atoms with Gasteiger partial charge in [0.2, 0.25) is 5.88 Å². The summed E-state index contributed by atoms with van der Waals surface area (Å²) in [7, 11) is 0. The number of fused-ring (bicyclic) bond motifs is 2. The quantitative estimate of drug-likeness (QED) is 0.327. The molecule has 2 saturated heterocycles. The van der Waals surface area contributed by atoms with Gasteiger partial charge in [-0.15, -0.1) is 0 Å². The molecule has 42 heavy (non-hydrogen) atoms. The molecule has 0 amide bonds. The zero-order valence-corrected chi connectivity index (χ0v) is 23.5. The number of hydrogen-bond acceptors (Lipinski definition) is 10. The first kappa shape index (κ1) is 27.0. The van der Waals surface area contributed by atoms with Crippen molar-refractivity contribution >= 4 is 33.4 Å². The molecule has 3 aliphatic rings. The average molecular weight is 577 g/mol. The monoisotopic (exact) mass is 576 g/mol. The van der Waals surface area contributed by atoms with Crippen LogP contribution >= 0.6 is 0 Å². The van der Waals surface area contributed by atoms with Gasteiger partial charge in [0.1, 0.15) is 41.0 Å². The van der Waals surface area contributed by atoms with E-state index in [0.717, 1.165) is 37.7 Å². The minimum absolute atomic E-state index is 0.0201. The van der Waals surface area contributed by atoms with Crippen molar-refractivity contribution in [3.8, 4) is 23.1 Å². The van der Waals surface area contributed by atoms with Gasteiger partial charge in [-0.25, -0.2) is 18.7 Å². The van der Waals surface area contributed by atoms with Crippen molar-refractivity contribution in [2.75, 3.05) is 50.4 Å².